The third-order valence-corrected chi connectivity index (χ3v) is 4.73. The first-order chi connectivity index (χ1) is 9.55. The van der Waals surface area contributed by atoms with E-state index in [2.05, 4.69) is 11.4 Å². The summed E-state index contributed by atoms with van der Waals surface area (Å²) in [7, 11) is 0. The fourth-order valence-corrected chi connectivity index (χ4v) is 3.71. The van der Waals surface area contributed by atoms with E-state index < -0.39 is 18.1 Å². The molecule has 1 fully saturated rings. The van der Waals surface area contributed by atoms with Crippen molar-refractivity contribution in [1.29, 1.82) is 0 Å². The molecule has 1 saturated carbocycles. The molecule has 2 aliphatic rings. The molecule has 3 atom stereocenters. The SMILES string of the molecule is FC(F)(F)C1CCCCC1NC1CCc2ccccc21. The van der Waals surface area contributed by atoms with Crippen LogP contribution in [-0.4, -0.2) is 12.2 Å². The van der Waals surface area contributed by atoms with E-state index in [4.69, 9.17) is 0 Å². The highest BCUT2D eigenvalue weighted by molar-refractivity contribution is 5.34. The summed E-state index contributed by atoms with van der Waals surface area (Å²) in [5.41, 5.74) is 2.48. The van der Waals surface area contributed by atoms with Gasteiger partial charge in [0, 0.05) is 12.1 Å². The van der Waals surface area contributed by atoms with Crippen LogP contribution < -0.4 is 5.32 Å². The molecule has 1 N–H and O–H groups in total. The third-order valence-electron chi connectivity index (χ3n) is 4.73. The first-order valence-electron chi connectivity index (χ1n) is 7.46. The van der Waals surface area contributed by atoms with Crippen molar-refractivity contribution in [3.05, 3.63) is 35.4 Å². The molecule has 0 heterocycles. The van der Waals surface area contributed by atoms with Crippen LogP contribution in [0.3, 0.4) is 0 Å². The van der Waals surface area contributed by atoms with Crippen molar-refractivity contribution >= 4 is 0 Å². The monoisotopic (exact) mass is 283 g/mol. The molecule has 1 aromatic carbocycles. The number of aryl methyl sites for hydroxylation is 1. The first-order valence-corrected chi connectivity index (χ1v) is 7.46. The van der Waals surface area contributed by atoms with Crippen LogP contribution in [0.25, 0.3) is 0 Å². The van der Waals surface area contributed by atoms with Crippen molar-refractivity contribution < 1.29 is 13.2 Å². The third kappa shape index (κ3) is 2.71. The molecule has 3 unspecified atom stereocenters. The zero-order valence-corrected chi connectivity index (χ0v) is 11.4. The summed E-state index contributed by atoms with van der Waals surface area (Å²) in [6.07, 6.45) is 0.328. The summed E-state index contributed by atoms with van der Waals surface area (Å²) in [6.45, 7) is 0. The predicted molar refractivity (Wildman–Crippen MR) is 72.4 cm³/mol. The Balaban J connectivity index is 1.74. The summed E-state index contributed by atoms with van der Waals surface area (Å²) >= 11 is 0. The van der Waals surface area contributed by atoms with Gasteiger partial charge in [-0.25, -0.2) is 0 Å². The van der Waals surface area contributed by atoms with Crippen LogP contribution in [0.1, 0.15) is 49.3 Å². The maximum Gasteiger partial charge on any atom is 0.393 e. The molecule has 0 saturated heterocycles. The number of hydrogen-bond donors (Lipinski definition) is 1. The maximum atomic E-state index is 13.1. The number of halogens is 3. The summed E-state index contributed by atoms with van der Waals surface area (Å²) in [4.78, 5) is 0. The zero-order chi connectivity index (χ0) is 14.2. The Labute approximate surface area is 117 Å². The fourth-order valence-electron chi connectivity index (χ4n) is 3.71. The van der Waals surface area contributed by atoms with Gasteiger partial charge in [0.1, 0.15) is 0 Å². The van der Waals surface area contributed by atoms with Crippen LogP contribution in [-0.2, 0) is 6.42 Å². The molecule has 0 aromatic heterocycles. The Bertz CT molecular complexity index is 469. The number of rotatable bonds is 2. The summed E-state index contributed by atoms with van der Waals surface area (Å²) in [5.74, 6) is -1.18. The molecule has 1 aromatic rings. The van der Waals surface area contributed by atoms with Gasteiger partial charge in [0.25, 0.3) is 0 Å². The molecule has 0 amide bonds. The van der Waals surface area contributed by atoms with Crippen LogP contribution in [0.5, 0.6) is 0 Å². The lowest BCUT2D eigenvalue weighted by Gasteiger charge is -2.35. The van der Waals surface area contributed by atoms with Gasteiger partial charge in [0.15, 0.2) is 0 Å². The minimum Gasteiger partial charge on any atom is -0.307 e. The lowest BCUT2D eigenvalue weighted by Crippen LogP contribution is -2.46. The molecule has 4 heteroatoms. The Morgan fingerprint density at radius 2 is 1.75 bits per heavy atom. The normalized spacial score (nSPS) is 30.2. The van der Waals surface area contributed by atoms with E-state index in [0.29, 0.717) is 12.8 Å². The maximum absolute atomic E-state index is 13.1. The van der Waals surface area contributed by atoms with Crippen LogP contribution in [0.4, 0.5) is 13.2 Å². The predicted octanol–water partition coefficient (Wildman–Crippen LogP) is 4.38. The summed E-state index contributed by atoms with van der Waals surface area (Å²) in [5, 5.41) is 3.31. The molecule has 20 heavy (non-hydrogen) atoms. The van der Waals surface area contributed by atoms with Crippen molar-refractivity contribution in [2.75, 3.05) is 0 Å². The van der Waals surface area contributed by atoms with Crippen molar-refractivity contribution in [2.45, 2.75) is 56.8 Å². The average Bonchev–Trinajstić information content (AvgIpc) is 2.82. The molecular weight excluding hydrogens is 263 g/mol. The number of fused-ring (bicyclic) bond motifs is 1. The Kier molecular flexibility index (Phi) is 3.76. The molecule has 1 nitrogen and oxygen atoms in total. The van der Waals surface area contributed by atoms with Crippen LogP contribution in [0.15, 0.2) is 24.3 Å². The van der Waals surface area contributed by atoms with E-state index >= 15 is 0 Å². The van der Waals surface area contributed by atoms with Gasteiger partial charge in [0.2, 0.25) is 0 Å². The molecule has 3 rings (SSSR count). The van der Waals surface area contributed by atoms with E-state index in [1.165, 1.54) is 11.1 Å². The van der Waals surface area contributed by atoms with Crippen molar-refractivity contribution in [3.63, 3.8) is 0 Å². The second-order valence-electron chi connectivity index (χ2n) is 6.00. The standard InChI is InChI=1S/C16H20F3N/c17-16(18,19)13-7-3-4-8-15(13)20-14-10-9-11-5-1-2-6-12(11)14/h1-2,5-6,13-15,20H,3-4,7-10H2. The lowest BCUT2D eigenvalue weighted by atomic mass is 9.83. The second kappa shape index (κ2) is 5.40. The van der Waals surface area contributed by atoms with Gasteiger partial charge in [-0.3, -0.25) is 0 Å². The van der Waals surface area contributed by atoms with E-state index in [9.17, 15) is 13.2 Å². The van der Waals surface area contributed by atoms with Crippen molar-refractivity contribution in [2.24, 2.45) is 5.92 Å². The minimum atomic E-state index is -4.07. The minimum absolute atomic E-state index is 0.0964. The quantitative estimate of drug-likeness (QED) is 0.849. The highest BCUT2D eigenvalue weighted by Crippen LogP contribution is 2.40. The molecule has 0 radical (unpaired) electrons. The van der Waals surface area contributed by atoms with E-state index in [1.54, 1.807) is 0 Å². The van der Waals surface area contributed by atoms with Gasteiger partial charge in [-0.2, -0.15) is 13.2 Å². The van der Waals surface area contributed by atoms with Crippen LogP contribution >= 0.6 is 0 Å². The summed E-state index contributed by atoms with van der Waals surface area (Å²) < 4.78 is 39.4. The Hall–Kier alpha value is -1.03. The van der Waals surface area contributed by atoms with Gasteiger partial charge in [-0.1, -0.05) is 37.1 Å². The second-order valence-corrected chi connectivity index (χ2v) is 6.00. The molecule has 2 aliphatic carbocycles. The number of hydrogen-bond acceptors (Lipinski definition) is 1. The van der Waals surface area contributed by atoms with Crippen LogP contribution in [0.2, 0.25) is 0 Å². The van der Waals surface area contributed by atoms with E-state index in [0.717, 1.165) is 19.3 Å². The largest absolute Gasteiger partial charge is 0.393 e. The first kappa shape index (κ1) is 13.9. The smallest absolute Gasteiger partial charge is 0.307 e. The highest BCUT2D eigenvalue weighted by Gasteiger charge is 2.46. The van der Waals surface area contributed by atoms with Gasteiger partial charge in [-0.05, 0) is 36.8 Å². The van der Waals surface area contributed by atoms with Gasteiger partial charge in [-0.15, -0.1) is 0 Å². The number of alkyl halides is 3. The Morgan fingerprint density at radius 1 is 1.00 bits per heavy atom. The molecular formula is C16H20F3N. The van der Waals surface area contributed by atoms with E-state index in [-0.39, 0.29) is 12.5 Å². The number of nitrogens with one attached hydrogen (secondary N) is 1. The average molecular weight is 283 g/mol. The van der Waals surface area contributed by atoms with Gasteiger partial charge >= 0.3 is 6.18 Å². The molecule has 110 valence electrons. The summed E-state index contributed by atoms with van der Waals surface area (Å²) in [6, 6.07) is 7.78. The van der Waals surface area contributed by atoms with Crippen molar-refractivity contribution in [1.82, 2.24) is 5.32 Å². The lowest BCUT2D eigenvalue weighted by molar-refractivity contribution is -0.189. The van der Waals surface area contributed by atoms with Crippen LogP contribution in [0, 0.1) is 5.92 Å². The Morgan fingerprint density at radius 3 is 2.55 bits per heavy atom. The van der Waals surface area contributed by atoms with Gasteiger partial charge in [0.05, 0.1) is 5.92 Å². The van der Waals surface area contributed by atoms with Crippen molar-refractivity contribution in [3.8, 4) is 0 Å². The highest BCUT2D eigenvalue weighted by atomic mass is 19.4. The molecule has 0 aliphatic heterocycles. The fraction of sp³-hybridized carbons (Fsp3) is 0.625. The topological polar surface area (TPSA) is 12.0 Å². The molecule has 0 bridgehead atoms. The van der Waals surface area contributed by atoms with E-state index in [1.807, 2.05) is 18.2 Å². The zero-order valence-electron chi connectivity index (χ0n) is 11.4. The molecule has 0 spiro atoms. The number of benzene rings is 1. The van der Waals surface area contributed by atoms with Gasteiger partial charge < -0.3 is 5.32 Å².